The van der Waals surface area contributed by atoms with E-state index >= 15 is 0 Å². The molecule has 0 spiro atoms. The minimum atomic E-state index is -4.77. The van der Waals surface area contributed by atoms with Crippen molar-refractivity contribution < 1.29 is 27.5 Å². The van der Waals surface area contributed by atoms with Gasteiger partial charge in [-0.15, -0.1) is 0 Å². The summed E-state index contributed by atoms with van der Waals surface area (Å²) < 4.78 is 50.5. The summed E-state index contributed by atoms with van der Waals surface area (Å²) >= 11 is 0. The lowest BCUT2D eigenvalue weighted by molar-refractivity contribution is -0.147. The Labute approximate surface area is 100 Å². The van der Waals surface area contributed by atoms with E-state index in [1.807, 2.05) is 0 Å². The zero-order valence-electron chi connectivity index (χ0n) is 9.22. The fourth-order valence-corrected chi connectivity index (χ4v) is 2.20. The van der Waals surface area contributed by atoms with Crippen molar-refractivity contribution in [2.45, 2.75) is 30.9 Å². The quantitative estimate of drug-likeness (QED) is 0.830. The van der Waals surface area contributed by atoms with Crippen molar-refractivity contribution in [1.82, 2.24) is 0 Å². The molecule has 0 aromatic heterocycles. The highest BCUT2D eigenvalue weighted by molar-refractivity contribution is 5.82. The third-order valence-electron chi connectivity index (χ3n) is 3.44. The summed E-state index contributed by atoms with van der Waals surface area (Å²) in [4.78, 5) is 11.2. The Morgan fingerprint density at radius 2 is 1.89 bits per heavy atom. The molecule has 0 unspecified atom stereocenters. The van der Waals surface area contributed by atoms with Crippen LogP contribution in [-0.2, 0) is 16.4 Å². The Balaban J connectivity index is 2.44. The lowest BCUT2D eigenvalue weighted by Gasteiger charge is -2.38. The smallest absolute Gasteiger partial charge is 0.419 e. The molecule has 0 amide bonds. The van der Waals surface area contributed by atoms with E-state index in [4.69, 9.17) is 5.11 Å². The minimum absolute atomic E-state index is 0.103. The van der Waals surface area contributed by atoms with Gasteiger partial charge in [-0.2, -0.15) is 13.2 Å². The minimum Gasteiger partial charge on any atom is -0.481 e. The summed E-state index contributed by atoms with van der Waals surface area (Å²) in [6, 6.07) is 2.35. The molecule has 2 nitrogen and oxygen atoms in total. The maximum Gasteiger partial charge on any atom is 0.419 e. The first-order valence-electron chi connectivity index (χ1n) is 5.38. The van der Waals surface area contributed by atoms with Crippen molar-refractivity contribution in [3.8, 4) is 0 Å². The van der Waals surface area contributed by atoms with E-state index in [9.17, 15) is 22.4 Å². The van der Waals surface area contributed by atoms with Crippen LogP contribution in [0.3, 0.4) is 0 Å². The molecule has 1 aliphatic carbocycles. The fourth-order valence-electron chi connectivity index (χ4n) is 2.20. The second-order valence-electron chi connectivity index (χ2n) is 4.43. The lowest BCUT2D eigenvalue weighted by Crippen LogP contribution is -2.42. The third-order valence-corrected chi connectivity index (χ3v) is 3.44. The van der Waals surface area contributed by atoms with Crippen LogP contribution in [0.1, 0.15) is 30.4 Å². The van der Waals surface area contributed by atoms with Crippen LogP contribution >= 0.6 is 0 Å². The van der Waals surface area contributed by atoms with Gasteiger partial charge in [-0.3, -0.25) is 4.79 Å². The second kappa shape index (κ2) is 3.96. The molecule has 0 saturated heterocycles. The second-order valence-corrected chi connectivity index (χ2v) is 4.43. The van der Waals surface area contributed by atoms with Crippen LogP contribution in [0.4, 0.5) is 17.6 Å². The number of carboxylic acid groups (broad SMARTS) is 1. The SMILES string of the molecule is O=C(O)C1(c2ccc(C(F)(F)F)c(F)c2)CCC1. The van der Waals surface area contributed by atoms with Crippen molar-refractivity contribution in [3.05, 3.63) is 35.1 Å². The predicted molar refractivity (Wildman–Crippen MR) is 54.6 cm³/mol. The van der Waals surface area contributed by atoms with Crippen molar-refractivity contribution in [2.75, 3.05) is 0 Å². The highest BCUT2D eigenvalue weighted by Crippen LogP contribution is 2.45. The molecule has 98 valence electrons. The van der Waals surface area contributed by atoms with E-state index in [0.717, 1.165) is 6.07 Å². The van der Waals surface area contributed by atoms with Crippen LogP contribution in [0.15, 0.2) is 18.2 Å². The van der Waals surface area contributed by atoms with Gasteiger partial charge >= 0.3 is 12.1 Å². The van der Waals surface area contributed by atoms with Gasteiger partial charge < -0.3 is 5.11 Å². The van der Waals surface area contributed by atoms with Gasteiger partial charge in [0.15, 0.2) is 0 Å². The number of hydrogen-bond acceptors (Lipinski definition) is 1. The number of alkyl halides is 3. The first-order valence-corrected chi connectivity index (χ1v) is 5.38. The number of halogens is 4. The molecule has 1 N–H and O–H groups in total. The maximum absolute atomic E-state index is 13.4. The van der Waals surface area contributed by atoms with Gasteiger partial charge in [0.1, 0.15) is 5.82 Å². The van der Waals surface area contributed by atoms with E-state index in [2.05, 4.69) is 0 Å². The first kappa shape index (κ1) is 12.9. The van der Waals surface area contributed by atoms with E-state index < -0.39 is 28.9 Å². The van der Waals surface area contributed by atoms with Crippen LogP contribution in [0.5, 0.6) is 0 Å². The molecule has 0 radical (unpaired) electrons. The largest absolute Gasteiger partial charge is 0.481 e. The average molecular weight is 262 g/mol. The molecular weight excluding hydrogens is 252 g/mol. The molecule has 0 bridgehead atoms. The van der Waals surface area contributed by atoms with Crippen molar-refractivity contribution in [3.63, 3.8) is 0 Å². The number of aliphatic carboxylic acids is 1. The van der Waals surface area contributed by atoms with Crippen molar-refractivity contribution in [1.29, 1.82) is 0 Å². The van der Waals surface area contributed by atoms with Crippen LogP contribution in [-0.4, -0.2) is 11.1 Å². The summed E-state index contributed by atoms with van der Waals surface area (Å²) in [6.45, 7) is 0. The number of carbonyl (C=O) groups is 1. The molecule has 1 aromatic rings. The summed E-state index contributed by atoms with van der Waals surface area (Å²) in [5.41, 5.74) is -2.48. The van der Waals surface area contributed by atoms with Gasteiger partial charge in [-0.05, 0) is 30.5 Å². The normalized spacial score (nSPS) is 18.2. The van der Waals surface area contributed by atoms with E-state index in [1.54, 1.807) is 0 Å². The van der Waals surface area contributed by atoms with E-state index in [-0.39, 0.29) is 5.56 Å². The van der Waals surface area contributed by atoms with E-state index in [0.29, 0.717) is 31.4 Å². The Morgan fingerprint density at radius 3 is 2.22 bits per heavy atom. The topological polar surface area (TPSA) is 37.3 Å². The van der Waals surface area contributed by atoms with E-state index in [1.165, 1.54) is 0 Å². The fraction of sp³-hybridized carbons (Fsp3) is 0.417. The van der Waals surface area contributed by atoms with Crippen LogP contribution in [0.2, 0.25) is 0 Å². The number of hydrogen-bond donors (Lipinski definition) is 1. The predicted octanol–water partition coefficient (Wildman–Crippen LogP) is 3.35. The zero-order chi connectivity index (χ0) is 13.6. The van der Waals surface area contributed by atoms with Gasteiger partial charge in [0.2, 0.25) is 0 Å². The molecule has 1 aromatic carbocycles. The van der Waals surface area contributed by atoms with Crippen LogP contribution in [0.25, 0.3) is 0 Å². The average Bonchev–Trinajstić information content (AvgIpc) is 2.12. The molecule has 6 heteroatoms. The summed E-state index contributed by atoms with van der Waals surface area (Å²) in [6.07, 6.45) is -3.44. The number of rotatable bonds is 2. The third kappa shape index (κ3) is 1.85. The van der Waals surface area contributed by atoms with Crippen molar-refractivity contribution >= 4 is 5.97 Å². The van der Waals surface area contributed by atoms with Gasteiger partial charge in [0.05, 0.1) is 11.0 Å². The lowest BCUT2D eigenvalue weighted by atomic mass is 9.64. The molecule has 0 atom stereocenters. The monoisotopic (exact) mass is 262 g/mol. The highest BCUT2D eigenvalue weighted by Gasteiger charge is 2.46. The molecule has 18 heavy (non-hydrogen) atoms. The van der Waals surface area contributed by atoms with Crippen molar-refractivity contribution in [2.24, 2.45) is 0 Å². The molecule has 2 rings (SSSR count). The van der Waals surface area contributed by atoms with Crippen LogP contribution < -0.4 is 0 Å². The Kier molecular flexibility index (Phi) is 2.83. The molecule has 0 heterocycles. The summed E-state index contributed by atoms with van der Waals surface area (Å²) in [7, 11) is 0. The van der Waals surface area contributed by atoms with Gasteiger partial charge in [0.25, 0.3) is 0 Å². The molecule has 1 aliphatic rings. The Bertz CT molecular complexity index is 489. The number of benzene rings is 1. The first-order chi connectivity index (χ1) is 8.27. The highest BCUT2D eigenvalue weighted by atomic mass is 19.4. The van der Waals surface area contributed by atoms with Gasteiger partial charge in [-0.1, -0.05) is 12.5 Å². The molecule has 0 aliphatic heterocycles. The van der Waals surface area contributed by atoms with Crippen LogP contribution in [0, 0.1) is 5.82 Å². The Hall–Kier alpha value is -1.59. The summed E-state index contributed by atoms with van der Waals surface area (Å²) in [5.74, 6) is -2.54. The molecule has 1 saturated carbocycles. The number of carboxylic acids is 1. The maximum atomic E-state index is 13.4. The van der Waals surface area contributed by atoms with Gasteiger partial charge in [-0.25, -0.2) is 4.39 Å². The molecule has 1 fully saturated rings. The van der Waals surface area contributed by atoms with Gasteiger partial charge in [0, 0.05) is 0 Å². The Morgan fingerprint density at radius 1 is 1.28 bits per heavy atom. The zero-order valence-corrected chi connectivity index (χ0v) is 9.22. The molecular formula is C12H10F4O2. The summed E-state index contributed by atoms with van der Waals surface area (Å²) in [5, 5.41) is 9.11. The standard InChI is InChI=1S/C12H10F4O2/c13-9-6-7(2-3-8(9)12(14,15)16)11(10(17)18)4-1-5-11/h2-3,6H,1,4-5H2,(H,17,18).